The molecule has 54 heavy (non-hydrogen) atoms. The summed E-state index contributed by atoms with van der Waals surface area (Å²) in [4.78, 5) is 24.1. The van der Waals surface area contributed by atoms with Crippen LogP contribution in [0.5, 0.6) is 17.2 Å². The van der Waals surface area contributed by atoms with Crippen molar-refractivity contribution in [3.63, 3.8) is 0 Å². The molecule has 12 heteroatoms. The first-order valence-electron chi connectivity index (χ1n) is 18.9. The molecule has 0 bridgehead atoms. The Morgan fingerprint density at radius 3 is 1.20 bits per heavy atom. The minimum Gasteiger partial charge on any atom is -0.491 e. The Morgan fingerprint density at radius 2 is 0.796 bits per heavy atom. The smallest absolute Gasteiger partial charge is 0.253 e. The number of benzene rings is 3. The second-order valence-corrected chi connectivity index (χ2v) is 13.1. The van der Waals surface area contributed by atoms with Gasteiger partial charge in [-0.25, -0.2) is 0 Å². The number of imide groups is 1. The number of amides is 2. The van der Waals surface area contributed by atoms with E-state index in [0.717, 1.165) is 32.9 Å². The molecule has 0 aromatic heterocycles. The maximum atomic E-state index is 11.5. The fourth-order valence-corrected chi connectivity index (χ4v) is 5.67. The molecule has 0 unspecified atom stereocenters. The van der Waals surface area contributed by atoms with E-state index in [1.807, 2.05) is 36.4 Å². The van der Waals surface area contributed by atoms with Crippen LogP contribution in [-0.4, -0.2) is 122 Å². The maximum absolute atomic E-state index is 11.5. The van der Waals surface area contributed by atoms with Crippen molar-refractivity contribution in [3.05, 3.63) is 77.9 Å². The molecule has 4 rings (SSSR count). The van der Waals surface area contributed by atoms with Gasteiger partial charge in [0, 0.05) is 22.9 Å². The molecule has 296 valence electrons. The number of hydrogen-bond acceptors (Lipinski definition) is 11. The summed E-state index contributed by atoms with van der Waals surface area (Å²) in [5.74, 6) is 2.68. The van der Waals surface area contributed by atoms with E-state index in [1.165, 1.54) is 23.3 Å². The van der Waals surface area contributed by atoms with Crippen LogP contribution in [0.25, 0.3) is 10.8 Å². The van der Waals surface area contributed by atoms with Gasteiger partial charge in [0.1, 0.15) is 37.1 Å². The highest BCUT2D eigenvalue weighted by molar-refractivity contribution is 6.12. The van der Waals surface area contributed by atoms with Crippen LogP contribution in [0.1, 0.15) is 50.7 Å². The van der Waals surface area contributed by atoms with Crippen LogP contribution in [0.2, 0.25) is 0 Å². The molecule has 0 radical (unpaired) electrons. The first-order valence-corrected chi connectivity index (χ1v) is 18.9. The monoisotopic (exact) mass is 751 g/mol. The maximum Gasteiger partial charge on any atom is 0.253 e. The van der Waals surface area contributed by atoms with Crippen molar-refractivity contribution in [2.75, 3.05) is 106 Å². The van der Waals surface area contributed by atoms with Crippen LogP contribution in [0.4, 0.5) is 0 Å². The molecule has 0 N–H and O–H groups in total. The normalized spacial score (nSPS) is 12.9. The minimum atomic E-state index is -0.309. The van der Waals surface area contributed by atoms with E-state index in [1.54, 1.807) is 0 Å². The molecular weight excluding hydrogens is 694 g/mol. The number of para-hydroxylation sites is 1. The average Bonchev–Trinajstić information content (AvgIpc) is 3.49. The number of carbonyl (C=O) groups is 2. The van der Waals surface area contributed by atoms with Gasteiger partial charge in [0.25, 0.3) is 11.8 Å². The largest absolute Gasteiger partial charge is 0.491 e. The zero-order chi connectivity index (χ0) is 38.4. The number of ether oxygens (including phenoxy) is 9. The van der Waals surface area contributed by atoms with Crippen molar-refractivity contribution in [1.29, 1.82) is 0 Å². The summed E-state index contributed by atoms with van der Waals surface area (Å²) < 4.78 is 51.9. The van der Waals surface area contributed by atoms with Crippen LogP contribution >= 0.6 is 0 Å². The quantitative estimate of drug-likeness (QED) is 0.0619. The Kier molecular flexibility index (Phi) is 19.3. The van der Waals surface area contributed by atoms with E-state index in [-0.39, 0.29) is 25.0 Å². The molecule has 3 aromatic rings. The van der Waals surface area contributed by atoms with Crippen LogP contribution in [0.3, 0.4) is 0 Å². The number of nitrogens with zero attached hydrogens (tertiary/aromatic N) is 1. The Hall–Kier alpha value is -4.04. The average molecular weight is 752 g/mol. The van der Waals surface area contributed by atoms with Crippen molar-refractivity contribution < 1.29 is 52.2 Å². The Morgan fingerprint density at radius 1 is 0.444 bits per heavy atom. The van der Waals surface area contributed by atoms with Crippen molar-refractivity contribution in [2.45, 2.75) is 39.5 Å². The van der Waals surface area contributed by atoms with Gasteiger partial charge >= 0.3 is 0 Å². The van der Waals surface area contributed by atoms with Gasteiger partial charge < -0.3 is 42.6 Å². The van der Waals surface area contributed by atoms with Crippen molar-refractivity contribution in [3.8, 4) is 17.2 Å². The second kappa shape index (κ2) is 24.4. The summed E-state index contributed by atoms with van der Waals surface area (Å²) in [6.07, 6.45) is 2.52. The van der Waals surface area contributed by atoms with Crippen LogP contribution in [0, 0.1) is 0 Å². The van der Waals surface area contributed by atoms with Gasteiger partial charge in [-0.05, 0) is 35.1 Å². The van der Waals surface area contributed by atoms with Crippen LogP contribution in [0.15, 0.2) is 66.7 Å². The van der Waals surface area contributed by atoms with Crippen molar-refractivity contribution >= 4 is 22.6 Å². The molecule has 12 nitrogen and oxygen atoms in total. The Balaban J connectivity index is 0.986. The summed E-state index contributed by atoms with van der Waals surface area (Å²) >= 11 is 0. The van der Waals surface area contributed by atoms with E-state index in [4.69, 9.17) is 42.6 Å². The molecule has 1 aliphatic rings. The van der Waals surface area contributed by atoms with Gasteiger partial charge in [0.2, 0.25) is 0 Å². The number of carbonyl (C=O) groups excluding carboxylic acids is 2. The minimum absolute atomic E-state index is 0.231. The number of hydrogen-bond donors (Lipinski definition) is 0. The van der Waals surface area contributed by atoms with E-state index in [0.29, 0.717) is 104 Å². The van der Waals surface area contributed by atoms with E-state index >= 15 is 0 Å². The van der Waals surface area contributed by atoms with Gasteiger partial charge in [-0.1, -0.05) is 70.2 Å². The Bertz CT molecular complexity index is 1550. The zero-order valence-corrected chi connectivity index (χ0v) is 32.3. The second-order valence-electron chi connectivity index (χ2n) is 13.1. The number of fused-ring (bicyclic) bond motifs is 1. The van der Waals surface area contributed by atoms with Crippen LogP contribution in [-0.2, 0) is 38.0 Å². The van der Waals surface area contributed by atoms with Crippen molar-refractivity contribution in [2.24, 2.45) is 0 Å². The Labute approximate surface area is 319 Å². The molecule has 0 atom stereocenters. The molecule has 1 heterocycles. The predicted octanol–water partition coefficient (Wildman–Crippen LogP) is 5.95. The lowest BCUT2D eigenvalue weighted by Gasteiger charge is -2.20. The fourth-order valence-electron chi connectivity index (χ4n) is 5.67. The van der Waals surface area contributed by atoms with E-state index in [9.17, 15) is 9.59 Å². The molecule has 0 fully saturated rings. The molecule has 3 aromatic carbocycles. The third kappa shape index (κ3) is 14.3. The lowest BCUT2D eigenvalue weighted by atomic mass is 9.94. The number of rotatable bonds is 29. The molecule has 0 saturated heterocycles. The highest BCUT2D eigenvalue weighted by atomic mass is 16.6. The van der Waals surface area contributed by atoms with Gasteiger partial charge in [0.05, 0.1) is 85.8 Å². The highest BCUT2D eigenvalue weighted by Crippen LogP contribution is 2.34. The molecular formula is C42H57NO11. The van der Waals surface area contributed by atoms with Crippen LogP contribution < -0.4 is 14.2 Å². The lowest BCUT2D eigenvalue weighted by Crippen LogP contribution is -2.33. The molecule has 2 amide bonds. The first kappa shape index (κ1) is 42.7. The summed E-state index contributed by atoms with van der Waals surface area (Å²) in [5, 5.41) is 1.91. The standard InChI is InChI=1S/C42H57NO11/c1-32(2)34-8-5-9-35(33(3)4)42(34)54-31-28-51-25-22-48-21-24-50-27-30-53-39-13-7-10-36-37(39)11-6-12-38(36)52-29-26-49-23-20-47-19-18-46-17-16-43-40(44)14-15-41(43)45/h5-15,32-33H,16-31H2,1-4H3. The van der Waals surface area contributed by atoms with Gasteiger partial charge in [0.15, 0.2) is 0 Å². The van der Waals surface area contributed by atoms with E-state index < -0.39 is 0 Å². The van der Waals surface area contributed by atoms with E-state index in [2.05, 4.69) is 45.9 Å². The van der Waals surface area contributed by atoms with Crippen molar-refractivity contribution in [1.82, 2.24) is 4.90 Å². The van der Waals surface area contributed by atoms with Gasteiger partial charge in [-0.15, -0.1) is 0 Å². The molecule has 0 spiro atoms. The lowest BCUT2D eigenvalue weighted by molar-refractivity contribution is -0.137. The summed E-state index contributed by atoms with van der Waals surface area (Å²) in [7, 11) is 0. The summed E-state index contributed by atoms with van der Waals surface area (Å²) in [6.45, 7) is 15.4. The first-order chi connectivity index (χ1) is 26.4. The third-order valence-corrected chi connectivity index (χ3v) is 8.45. The fraction of sp³-hybridized carbons (Fsp3) is 0.524. The third-order valence-electron chi connectivity index (χ3n) is 8.45. The predicted molar refractivity (Wildman–Crippen MR) is 206 cm³/mol. The SMILES string of the molecule is CC(C)c1cccc(C(C)C)c1OCCOCCOCCOCCOc1cccc2c(OCCOCCOCCOCCN3C(=O)C=CC3=O)cccc12. The summed E-state index contributed by atoms with van der Waals surface area (Å²) in [5.41, 5.74) is 2.46. The topological polar surface area (TPSA) is 120 Å². The van der Waals surface area contributed by atoms with Gasteiger partial charge in [-0.2, -0.15) is 0 Å². The molecule has 0 aliphatic carbocycles. The molecule has 1 aliphatic heterocycles. The van der Waals surface area contributed by atoms with Gasteiger partial charge in [-0.3, -0.25) is 14.5 Å². The molecule has 0 saturated carbocycles. The zero-order valence-electron chi connectivity index (χ0n) is 32.3. The summed E-state index contributed by atoms with van der Waals surface area (Å²) in [6, 6.07) is 18.2. The highest BCUT2D eigenvalue weighted by Gasteiger charge is 2.22.